The first-order chi connectivity index (χ1) is 5.83. The molecule has 1 unspecified atom stereocenters. The Labute approximate surface area is 71.4 Å². The molecular formula is C7H14N4O. The van der Waals surface area contributed by atoms with Gasteiger partial charge in [-0.15, -0.1) is 0 Å². The van der Waals surface area contributed by atoms with Crippen molar-refractivity contribution in [2.75, 3.05) is 6.54 Å². The van der Waals surface area contributed by atoms with Gasteiger partial charge in [-0.25, -0.2) is 10.8 Å². The lowest BCUT2D eigenvalue weighted by atomic mass is 10.2. The fourth-order valence-electron chi connectivity index (χ4n) is 0.965. The molecule has 12 heavy (non-hydrogen) atoms. The third kappa shape index (κ3) is 2.79. The minimum Gasteiger partial charge on any atom is -0.496 e. The Morgan fingerprint density at radius 2 is 2.58 bits per heavy atom. The Morgan fingerprint density at radius 1 is 1.75 bits per heavy atom. The lowest BCUT2D eigenvalue weighted by molar-refractivity contribution is 0.131. The molecule has 5 nitrogen and oxygen atoms in total. The summed E-state index contributed by atoms with van der Waals surface area (Å²) in [5.74, 6) is 5.27. The average Bonchev–Trinajstić information content (AvgIpc) is 2.16. The molecule has 0 fully saturated rings. The molecule has 0 bridgehead atoms. The Hall–Kier alpha value is -1.23. The summed E-state index contributed by atoms with van der Waals surface area (Å²) in [5.41, 5.74) is 7.59. The fraction of sp³-hybridized carbons (Fsp3) is 0.571. The average molecular weight is 170 g/mol. The standard InChI is InChI=1S/C7H14N4O/c8-7(11-9)10-5-6-3-1-2-4-12-6/h2,4,6H,1,3,5,9H2,(H3,8,10,11). The third-order valence-corrected chi connectivity index (χ3v) is 1.64. The van der Waals surface area contributed by atoms with E-state index in [1.54, 1.807) is 6.26 Å². The molecule has 0 saturated carbocycles. The summed E-state index contributed by atoms with van der Waals surface area (Å²) in [5, 5.41) is 0. The van der Waals surface area contributed by atoms with E-state index in [-0.39, 0.29) is 12.1 Å². The lowest BCUT2D eigenvalue weighted by Gasteiger charge is -2.17. The van der Waals surface area contributed by atoms with Crippen LogP contribution < -0.4 is 17.0 Å². The molecule has 0 aliphatic carbocycles. The van der Waals surface area contributed by atoms with Crippen LogP contribution in [0.4, 0.5) is 0 Å². The highest BCUT2D eigenvalue weighted by atomic mass is 16.5. The van der Waals surface area contributed by atoms with Crippen molar-refractivity contribution in [2.45, 2.75) is 18.9 Å². The van der Waals surface area contributed by atoms with Gasteiger partial charge in [0.05, 0.1) is 12.8 Å². The van der Waals surface area contributed by atoms with E-state index in [4.69, 9.17) is 16.3 Å². The van der Waals surface area contributed by atoms with Crippen LogP contribution in [0.5, 0.6) is 0 Å². The number of allylic oxidation sites excluding steroid dienone is 1. The van der Waals surface area contributed by atoms with Crippen molar-refractivity contribution < 1.29 is 4.74 Å². The van der Waals surface area contributed by atoms with Crippen LogP contribution in [0.15, 0.2) is 17.3 Å². The maximum atomic E-state index is 5.33. The molecule has 0 amide bonds. The van der Waals surface area contributed by atoms with Crippen molar-refractivity contribution in [3.63, 3.8) is 0 Å². The minimum atomic E-state index is 0.141. The molecule has 1 atom stereocenters. The van der Waals surface area contributed by atoms with Crippen LogP contribution in [0.1, 0.15) is 12.8 Å². The number of guanidine groups is 1. The highest BCUT2D eigenvalue weighted by Gasteiger charge is 2.09. The Morgan fingerprint density at radius 3 is 3.17 bits per heavy atom. The number of nitrogens with one attached hydrogen (secondary N) is 1. The van der Waals surface area contributed by atoms with Crippen molar-refractivity contribution in [2.24, 2.45) is 16.6 Å². The van der Waals surface area contributed by atoms with Crippen molar-refractivity contribution >= 4 is 5.96 Å². The monoisotopic (exact) mass is 170 g/mol. The first-order valence-electron chi connectivity index (χ1n) is 3.90. The van der Waals surface area contributed by atoms with Gasteiger partial charge in [0.1, 0.15) is 6.10 Å². The van der Waals surface area contributed by atoms with Crippen LogP contribution in [-0.4, -0.2) is 18.6 Å². The van der Waals surface area contributed by atoms with E-state index in [2.05, 4.69) is 10.4 Å². The maximum Gasteiger partial charge on any atom is 0.203 e. The third-order valence-electron chi connectivity index (χ3n) is 1.64. The number of nitrogens with two attached hydrogens (primary N) is 2. The van der Waals surface area contributed by atoms with E-state index in [9.17, 15) is 0 Å². The first kappa shape index (κ1) is 8.86. The van der Waals surface area contributed by atoms with Gasteiger partial charge in [-0.3, -0.25) is 5.43 Å². The molecule has 1 aliphatic heterocycles. The highest BCUT2D eigenvalue weighted by Crippen LogP contribution is 2.09. The van der Waals surface area contributed by atoms with Crippen LogP contribution in [0.25, 0.3) is 0 Å². The molecule has 1 aliphatic rings. The predicted octanol–water partition coefficient (Wildman–Crippen LogP) is -0.543. The van der Waals surface area contributed by atoms with Crippen molar-refractivity contribution in [1.82, 2.24) is 5.43 Å². The van der Waals surface area contributed by atoms with Gasteiger partial charge >= 0.3 is 0 Å². The second-order valence-corrected chi connectivity index (χ2v) is 2.58. The summed E-state index contributed by atoms with van der Waals surface area (Å²) in [6, 6.07) is 0. The van der Waals surface area contributed by atoms with Gasteiger partial charge in [-0.1, -0.05) is 0 Å². The summed E-state index contributed by atoms with van der Waals surface area (Å²) in [4.78, 5) is 3.97. The number of nitrogens with zero attached hydrogens (tertiary/aromatic N) is 1. The van der Waals surface area contributed by atoms with E-state index >= 15 is 0 Å². The van der Waals surface area contributed by atoms with E-state index in [1.165, 1.54) is 0 Å². The zero-order chi connectivity index (χ0) is 8.81. The number of rotatable bonds is 2. The molecule has 1 heterocycles. The molecular weight excluding hydrogens is 156 g/mol. The van der Waals surface area contributed by atoms with E-state index in [0.717, 1.165) is 12.8 Å². The summed E-state index contributed by atoms with van der Waals surface area (Å²) in [7, 11) is 0. The highest BCUT2D eigenvalue weighted by molar-refractivity contribution is 5.77. The number of ether oxygens (including phenoxy) is 1. The van der Waals surface area contributed by atoms with Crippen molar-refractivity contribution in [1.29, 1.82) is 0 Å². The van der Waals surface area contributed by atoms with Gasteiger partial charge in [-0.2, -0.15) is 0 Å². The Kier molecular flexibility index (Phi) is 3.40. The second kappa shape index (κ2) is 4.61. The molecule has 0 saturated heterocycles. The fourth-order valence-corrected chi connectivity index (χ4v) is 0.965. The summed E-state index contributed by atoms with van der Waals surface area (Å²) in [6.07, 6.45) is 5.86. The Bertz CT molecular complexity index is 190. The van der Waals surface area contributed by atoms with Gasteiger partial charge in [-0.05, 0) is 18.9 Å². The number of hydrogen-bond donors (Lipinski definition) is 3. The maximum absolute atomic E-state index is 5.33. The van der Waals surface area contributed by atoms with Gasteiger partial charge < -0.3 is 10.5 Å². The van der Waals surface area contributed by atoms with Crippen LogP contribution >= 0.6 is 0 Å². The van der Waals surface area contributed by atoms with E-state index < -0.39 is 0 Å². The molecule has 0 aromatic carbocycles. The van der Waals surface area contributed by atoms with Crippen molar-refractivity contribution in [3.8, 4) is 0 Å². The van der Waals surface area contributed by atoms with Gasteiger partial charge in [0, 0.05) is 0 Å². The molecule has 68 valence electrons. The topological polar surface area (TPSA) is 85.7 Å². The summed E-state index contributed by atoms with van der Waals surface area (Å²) in [6.45, 7) is 0.556. The van der Waals surface area contributed by atoms with Crippen LogP contribution in [0, 0.1) is 0 Å². The normalized spacial score (nSPS) is 23.4. The molecule has 0 aromatic rings. The van der Waals surface area contributed by atoms with E-state index in [1.807, 2.05) is 6.08 Å². The SMILES string of the molecule is NNC(N)=NCC1CCC=CO1. The summed E-state index contributed by atoms with van der Waals surface area (Å²) >= 11 is 0. The zero-order valence-corrected chi connectivity index (χ0v) is 6.86. The molecule has 0 radical (unpaired) electrons. The summed E-state index contributed by atoms with van der Waals surface area (Å²) < 4.78 is 5.26. The second-order valence-electron chi connectivity index (χ2n) is 2.58. The largest absolute Gasteiger partial charge is 0.496 e. The predicted molar refractivity (Wildman–Crippen MR) is 47.1 cm³/mol. The zero-order valence-electron chi connectivity index (χ0n) is 6.86. The van der Waals surface area contributed by atoms with Crippen LogP contribution in [-0.2, 0) is 4.74 Å². The minimum absolute atomic E-state index is 0.141. The van der Waals surface area contributed by atoms with E-state index in [0.29, 0.717) is 6.54 Å². The first-order valence-corrected chi connectivity index (χ1v) is 3.90. The smallest absolute Gasteiger partial charge is 0.203 e. The molecule has 0 aromatic heterocycles. The number of hydrazine groups is 1. The van der Waals surface area contributed by atoms with Crippen LogP contribution in [0.2, 0.25) is 0 Å². The van der Waals surface area contributed by atoms with Gasteiger partial charge in [0.25, 0.3) is 0 Å². The lowest BCUT2D eigenvalue weighted by Crippen LogP contribution is -2.37. The molecule has 0 spiro atoms. The Balaban J connectivity index is 2.27. The van der Waals surface area contributed by atoms with Gasteiger partial charge in [0.15, 0.2) is 0 Å². The number of hydrogen-bond acceptors (Lipinski definition) is 3. The van der Waals surface area contributed by atoms with Crippen molar-refractivity contribution in [3.05, 3.63) is 12.3 Å². The quantitative estimate of drug-likeness (QED) is 0.225. The van der Waals surface area contributed by atoms with Gasteiger partial charge in [0.2, 0.25) is 5.96 Å². The van der Waals surface area contributed by atoms with Crippen LogP contribution in [0.3, 0.4) is 0 Å². The molecule has 1 rings (SSSR count). The molecule has 5 N–H and O–H groups in total. The number of aliphatic imine (C=N–C) groups is 1. The molecule has 5 heteroatoms.